The van der Waals surface area contributed by atoms with E-state index in [-0.39, 0.29) is 24.4 Å². The number of amides is 1. The molecule has 27 heavy (non-hydrogen) atoms. The number of fused-ring (bicyclic) bond motifs is 2. The van der Waals surface area contributed by atoms with Gasteiger partial charge in [0.25, 0.3) is 0 Å². The van der Waals surface area contributed by atoms with Crippen LogP contribution in [0.2, 0.25) is 0 Å². The standard InChI is InChI=1S/C20H23N3O2S.ClH/c24-14-12-15(22-13-14)20(25)21-10-5-11-23-16-6-1-3-8-18(16)26-19-9-4-2-7-17(19)23;/h1-4,6-9,14-15,22,24H,5,10-13H2,(H,21,25);1H. The second-order valence-corrected chi connectivity index (χ2v) is 7.77. The van der Waals surface area contributed by atoms with Crippen LogP contribution in [0, 0.1) is 0 Å². The fraction of sp³-hybridized carbons (Fsp3) is 0.350. The predicted molar refractivity (Wildman–Crippen MR) is 111 cm³/mol. The highest BCUT2D eigenvalue weighted by molar-refractivity contribution is 7.99. The maximum Gasteiger partial charge on any atom is 0.237 e. The predicted octanol–water partition coefficient (Wildman–Crippen LogP) is 2.94. The first-order valence-electron chi connectivity index (χ1n) is 9.05. The Hall–Kier alpha value is -1.73. The summed E-state index contributed by atoms with van der Waals surface area (Å²) in [6, 6.07) is 16.6. The van der Waals surface area contributed by atoms with Crippen LogP contribution in [0.3, 0.4) is 0 Å². The number of β-amino-alcohol motifs (C(OH)–C–C–N with tert-alkyl or cyclic N) is 1. The van der Waals surface area contributed by atoms with E-state index in [0.29, 0.717) is 19.5 Å². The van der Waals surface area contributed by atoms with Crippen molar-refractivity contribution >= 4 is 41.5 Å². The van der Waals surface area contributed by atoms with E-state index >= 15 is 0 Å². The van der Waals surface area contributed by atoms with Gasteiger partial charge in [-0.25, -0.2) is 0 Å². The average Bonchev–Trinajstić information content (AvgIpc) is 3.10. The first kappa shape index (κ1) is 20.0. The number of carbonyl (C=O) groups is 1. The monoisotopic (exact) mass is 405 g/mol. The molecule has 4 rings (SSSR count). The molecule has 0 aliphatic carbocycles. The van der Waals surface area contributed by atoms with Crippen molar-refractivity contribution in [2.24, 2.45) is 0 Å². The molecule has 144 valence electrons. The number of halogens is 1. The van der Waals surface area contributed by atoms with Crippen LogP contribution in [-0.4, -0.2) is 42.8 Å². The summed E-state index contributed by atoms with van der Waals surface area (Å²) in [5.74, 6) is -0.0171. The minimum Gasteiger partial charge on any atom is -0.392 e. The van der Waals surface area contributed by atoms with Crippen LogP contribution in [0.25, 0.3) is 0 Å². The smallest absolute Gasteiger partial charge is 0.237 e. The van der Waals surface area contributed by atoms with Crippen LogP contribution in [0.4, 0.5) is 11.4 Å². The van der Waals surface area contributed by atoms with Crippen molar-refractivity contribution in [1.29, 1.82) is 0 Å². The molecule has 2 aliphatic rings. The lowest BCUT2D eigenvalue weighted by Gasteiger charge is -2.32. The van der Waals surface area contributed by atoms with Gasteiger partial charge in [0, 0.05) is 29.4 Å². The molecule has 0 saturated carbocycles. The minimum atomic E-state index is -0.412. The van der Waals surface area contributed by atoms with E-state index in [2.05, 4.69) is 64.1 Å². The number of hydrogen-bond acceptors (Lipinski definition) is 5. The van der Waals surface area contributed by atoms with Gasteiger partial charge >= 0.3 is 0 Å². The van der Waals surface area contributed by atoms with Crippen molar-refractivity contribution in [3.8, 4) is 0 Å². The van der Waals surface area contributed by atoms with E-state index in [1.165, 1.54) is 21.2 Å². The quantitative estimate of drug-likeness (QED) is 0.667. The molecule has 5 nitrogen and oxygen atoms in total. The van der Waals surface area contributed by atoms with Crippen molar-refractivity contribution in [3.05, 3.63) is 48.5 Å². The van der Waals surface area contributed by atoms with Gasteiger partial charge in [-0.2, -0.15) is 0 Å². The van der Waals surface area contributed by atoms with Gasteiger partial charge in [0.1, 0.15) is 0 Å². The number of aliphatic hydroxyl groups is 1. The Bertz CT molecular complexity index is 759. The summed E-state index contributed by atoms with van der Waals surface area (Å²) in [6.07, 6.45) is 0.939. The van der Waals surface area contributed by atoms with E-state index in [0.717, 1.165) is 13.0 Å². The Morgan fingerprint density at radius 3 is 2.37 bits per heavy atom. The molecule has 2 aromatic carbocycles. The Morgan fingerprint density at radius 1 is 1.15 bits per heavy atom. The summed E-state index contributed by atoms with van der Waals surface area (Å²) in [5.41, 5.74) is 2.45. The fourth-order valence-corrected chi connectivity index (χ4v) is 4.61. The molecule has 2 unspecified atom stereocenters. The third-order valence-corrected chi connectivity index (χ3v) is 5.94. The van der Waals surface area contributed by atoms with Gasteiger partial charge < -0.3 is 20.6 Å². The SMILES string of the molecule is Cl.O=C(NCCCN1c2ccccc2Sc2ccccc21)C1CC(O)CN1. The molecular weight excluding hydrogens is 382 g/mol. The zero-order valence-electron chi connectivity index (χ0n) is 14.9. The lowest BCUT2D eigenvalue weighted by Crippen LogP contribution is -2.41. The third-order valence-electron chi connectivity index (χ3n) is 4.81. The fourth-order valence-electron chi connectivity index (χ4n) is 3.51. The molecule has 2 heterocycles. The molecular formula is C20H24ClN3O2S. The summed E-state index contributed by atoms with van der Waals surface area (Å²) >= 11 is 1.80. The summed E-state index contributed by atoms with van der Waals surface area (Å²) < 4.78 is 0. The van der Waals surface area contributed by atoms with E-state index < -0.39 is 6.10 Å². The lowest BCUT2D eigenvalue weighted by atomic mass is 10.2. The zero-order chi connectivity index (χ0) is 17.9. The molecule has 0 radical (unpaired) electrons. The Labute approximate surface area is 169 Å². The zero-order valence-corrected chi connectivity index (χ0v) is 16.6. The van der Waals surface area contributed by atoms with Crippen LogP contribution < -0.4 is 15.5 Å². The minimum absolute atomic E-state index is 0. The van der Waals surface area contributed by atoms with Gasteiger partial charge in [-0.1, -0.05) is 36.0 Å². The van der Waals surface area contributed by atoms with Gasteiger partial charge in [-0.3, -0.25) is 4.79 Å². The lowest BCUT2D eigenvalue weighted by molar-refractivity contribution is -0.122. The largest absolute Gasteiger partial charge is 0.392 e. The van der Waals surface area contributed by atoms with Crippen molar-refractivity contribution < 1.29 is 9.90 Å². The van der Waals surface area contributed by atoms with Crippen LogP contribution in [0.5, 0.6) is 0 Å². The average molecular weight is 406 g/mol. The van der Waals surface area contributed by atoms with Crippen LogP contribution in [0.15, 0.2) is 58.3 Å². The number of carbonyl (C=O) groups excluding carboxylic acids is 1. The van der Waals surface area contributed by atoms with Gasteiger partial charge in [-0.05, 0) is 37.1 Å². The summed E-state index contributed by atoms with van der Waals surface area (Å²) in [4.78, 5) is 17.0. The van der Waals surface area contributed by atoms with Crippen molar-refractivity contribution in [3.63, 3.8) is 0 Å². The van der Waals surface area contributed by atoms with Gasteiger partial charge in [-0.15, -0.1) is 12.4 Å². The second kappa shape index (κ2) is 8.97. The topological polar surface area (TPSA) is 64.6 Å². The number of para-hydroxylation sites is 2. The molecule has 2 atom stereocenters. The molecule has 0 spiro atoms. The Balaban J connectivity index is 0.00000210. The van der Waals surface area contributed by atoms with Crippen molar-refractivity contribution in [2.45, 2.75) is 34.8 Å². The highest BCUT2D eigenvalue weighted by Crippen LogP contribution is 2.47. The number of nitrogens with one attached hydrogen (secondary N) is 2. The molecule has 2 aliphatic heterocycles. The van der Waals surface area contributed by atoms with Gasteiger partial charge in [0.15, 0.2) is 0 Å². The van der Waals surface area contributed by atoms with E-state index in [1.807, 2.05) is 0 Å². The molecule has 0 bridgehead atoms. The maximum absolute atomic E-state index is 12.1. The number of rotatable bonds is 5. The summed E-state index contributed by atoms with van der Waals surface area (Å²) in [6.45, 7) is 1.97. The number of anilines is 2. The maximum atomic E-state index is 12.1. The van der Waals surface area contributed by atoms with Crippen molar-refractivity contribution in [1.82, 2.24) is 10.6 Å². The highest BCUT2D eigenvalue weighted by atomic mass is 35.5. The van der Waals surface area contributed by atoms with E-state index in [1.54, 1.807) is 11.8 Å². The summed E-state index contributed by atoms with van der Waals surface area (Å²) in [5, 5.41) is 15.6. The number of aliphatic hydroxyl groups excluding tert-OH is 1. The highest BCUT2D eigenvalue weighted by Gasteiger charge is 2.28. The van der Waals surface area contributed by atoms with Crippen molar-refractivity contribution in [2.75, 3.05) is 24.5 Å². The Morgan fingerprint density at radius 2 is 1.78 bits per heavy atom. The molecule has 1 saturated heterocycles. The molecule has 0 aromatic heterocycles. The normalized spacial score (nSPS) is 20.4. The third kappa shape index (κ3) is 4.41. The van der Waals surface area contributed by atoms with Gasteiger partial charge in [0.05, 0.1) is 23.5 Å². The van der Waals surface area contributed by atoms with Gasteiger partial charge in [0.2, 0.25) is 5.91 Å². The summed E-state index contributed by atoms with van der Waals surface area (Å²) in [7, 11) is 0. The van der Waals surface area contributed by atoms with Crippen LogP contribution >= 0.6 is 24.2 Å². The van der Waals surface area contributed by atoms with Crippen LogP contribution in [0.1, 0.15) is 12.8 Å². The molecule has 1 fully saturated rings. The molecule has 7 heteroatoms. The second-order valence-electron chi connectivity index (χ2n) is 6.68. The van der Waals surface area contributed by atoms with E-state index in [9.17, 15) is 9.90 Å². The molecule has 1 amide bonds. The van der Waals surface area contributed by atoms with Crippen LogP contribution in [-0.2, 0) is 4.79 Å². The first-order valence-corrected chi connectivity index (χ1v) is 9.86. The number of nitrogens with zero attached hydrogens (tertiary/aromatic N) is 1. The number of benzene rings is 2. The number of hydrogen-bond donors (Lipinski definition) is 3. The molecule has 3 N–H and O–H groups in total. The molecule has 2 aromatic rings. The first-order chi connectivity index (χ1) is 12.7. The van der Waals surface area contributed by atoms with E-state index in [4.69, 9.17) is 0 Å². The Kier molecular flexibility index (Phi) is 6.65.